The van der Waals surface area contributed by atoms with Crippen molar-refractivity contribution in [2.45, 2.75) is 46.3 Å². The minimum atomic E-state index is -0.0277. The fourth-order valence-corrected chi connectivity index (χ4v) is 1.27. The molecule has 0 saturated carbocycles. The summed E-state index contributed by atoms with van der Waals surface area (Å²) in [5.41, 5.74) is 0.849. The van der Waals surface area contributed by atoms with Crippen LogP contribution in [0.15, 0.2) is 6.20 Å². The van der Waals surface area contributed by atoms with E-state index in [2.05, 4.69) is 34.8 Å². The third kappa shape index (κ3) is 5.44. The molecule has 1 heterocycles. The van der Waals surface area contributed by atoms with E-state index in [1.54, 1.807) is 10.9 Å². The first-order valence-electron chi connectivity index (χ1n) is 6.01. The highest BCUT2D eigenvalue weighted by Crippen LogP contribution is 1.93. The van der Waals surface area contributed by atoms with Crippen molar-refractivity contribution in [2.24, 2.45) is 0 Å². The van der Waals surface area contributed by atoms with Gasteiger partial charge >= 0.3 is 0 Å². The maximum absolute atomic E-state index is 11.4. The van der Waals surface area contributed by atoms with Crippen molar-refractivity contribution >= 4 is 5.91 Å². The van der Waals surface area contributed by atoms with E-state index < -0.39 is 0 Å². The van der Waals surface area contributed by atoms with E-state index in [0.29, 0.717) is 19.1 Å². The van der Waals surface area contributed by atoms with Gasteiger partial charge in [0.15, 0.2) is 0 Å². The van der Waals surface area contributed by atoms with Crippen molar-refractivity contribution < 1.29 is 4.79 Å². The molecule has 1 aromatic rings. The van der Waals surface area contributed by atoms with E-state index in [9.17, 15) is 4.79 Å². The van der Waals surface area contributed by atoms with Crippen LogP contribution in [0.4, 0.5) is 0 Å². The Labute approximate surface area is 102 Å². The molecule has 2 N–H and O–H groups in total. The summed E-state index contributed by atoms with van der Waals surface area (Å²) in [7, 11) is 0. The Bertz CT molecular complexity index is 347. The summed E-state index contributed by atoms with van der Waals surface area (Å²) in [6.45, 7) is 7.77. The SMILES string of the molecule is CCCNC(=O)Cn1cc(CNC(C)C)nn1. The fourth-order valence-electron chi connectivity index (χ4n) is 1.27. The molecular weight excluding hydrogens is 218 g/mol. The second-order valence-electron chi connectivity index (χ2n) is 4.29. The minimum absolute atomic E-state index is 0.0277. The smallest absolute Gasteiger partial charge is 0.241 e. The molecule has 1 rings (SSSR count). The molecule has 0 spiro atoms. The minimum Gasteiger partial charge on any atom is -0.355 e. The summed E-state index contributed by atoms with van der Waals surface area (Å²) in [5.74, 6) is -0.0277. The van der Waals surface area contributed by atoms with Crippen LogP contribution in [0.5, 0.6) is 0 Å². The second kappa shape index (κ2) is 7.01. The Morgan fingerprint density at radius 2 is 2.29 bits per heavy atom. The van der Waals surface area contributed by atoms with Gasteiger partial charge in [-0.1, -0.05) is 26.0 Å². The van der Waals surface area contributed by atoms with E-state index in [4.69, 9.17) is 0 Å². The standard InChI is InChI=1S/C11H21N5O/c1-4-5-12-11(17)8-16-7-10(14-15-16)6-13-9(2)3/h7,9,13H,4-6,8H2,1-3H3,(H,12,17). The van der Waals surface area contributed by atoms with E-state index >= 15 is 0 Å². The molecule has 17 heavy (non-hydrogen) atoms. The molecule has 0 saturated heterocycles. The molecule has 96 valence electrons. The monoisotopic (exact) mass is 239 g/mol. The average molecular weight is 239 g/mol. The zero-order valence-corrected chi connectivity index (χ0v) is 10.7. The van der Waals surface area contributed by atoms with Gasteiger partial charge in [-0.05, 0) is 6.42 Å². The quantitative estimate of drug-likeness (QED) is 0.718. The van der Waals surface area contributed by atoms with E-state index in [-0.39, 0.29) is 12.5 Å². The summed E-state index contributed by atoms with van der Waals surface area (Å²) >= 11 is 0. The number of nitrogens with zero attached hydrogens (tertiary/aromatic N) is 3. The van der Waals surface area contributed by atoms with Crippen LogP contribution in [0, 0.1) is 0 Å². The Kier molecular flexibility index (Phi) is 5.62. The number of aromatic nitrogens is 3. The van der Waals surface area contributed by atoms with Crippen molar-refractivity contribution in [2.75, 3.05) is 6.54 Å². The van der Waals surface area contributed by atoms with Crippen LogP contribution in [0.25, 0.3) is 0 Å². The van der Waals surface area contributed by atoms with E-state index in [1.807, 2.05) is 6.92 Å². The summed E-state index contributed by atoms with van der Waals surface area (Å²) in [5, 5.41) is 13.9. The lowest BCUT2D eigenvalue weighted by atomic mass is 10.3. The van der Waals surface area contributed by atoms with Crippen LogP contribution < -0.4 is 10.6 Å². The molecule has 1 aromatic heterocycles. The van der Waals surface area contributed by atoms with Crippen molar-refractivity contribution in [3.8, 4) is 0 Å². The summed E-state index contributed by atoms with van der Waals surface area (Å²) in [6, 6.07) is 0.410. The topological polar surface area (TPSA) is 71.8 Å². The molecule has 0 atom stereocenters. The highest BCUT2D eigenvalue weighted by atomic mass is 16.2. The molecule has 0 aromatic carbocycles. The van der Waals surface area contributed by atoms with Gasteiger partial charge in [0.25, 0.3) is 0 Å². The number of carbonyl (C=O) groups excluding carboxylic acids is 1. The van der Waals surface area contributed by atoms with Crippen LogP contribution in [0.2, 0.25) is 0 Å². The maximum Gasteiger partial charge on any atom is 0.241 e. The van der Waals surface area contributed by atoms with E-state index in [1.165, 1.54) is 0 Å². The Morgan fingerprint density at radius 1 is 1.53 bits per heavy atom. The van der Waals surface area contributed by atoms with Crippen molar-refractivity contribution in [1.82, 2.24) is 25.6 Å². The van der Waals surface area contributed by atoms with Gasteiger partial charge in [0.2, 0.25) is 5.91 Å². The summed E-state index contributed by atoms with van der Waals surface area (Å²) in [4.78, 5) is 11.4. The lowest BCUT2D eigenvalue weighted by Gasteiger charge is -2.04. The highest BCUT2D eigenvalue weighted by Gasteiger charge is 2.05. The molecule has 6 heteroatoms. The predicted molar refractivity (Wildman–Crippen MR) is 65.3 cm³/mol. The molecule has 1 amide bonds. The number of hydrogen-bond donors (Lipinski definition) is 2. The Hall–Kier alpha value is -1.43. The van der Waals surface area contributed by atoms with Gasteiger partial charge in [-0.15, -0.1) is 5.10 Å². The summed E-state index contributed by atoms with van der Waals surface area (Å²) < 4.78 is 1.56. The third-order valence-electron chi connectivity index (χ3n) is 2.16. The van der Waals surface area contributed by atoms with Crippen molar-refractivity contribution in [3.05, 3.63) is 11.9 Å². The molecule has 0 aliphatic rings. The number of amides is 1. The Balaban J connectivity index is 2.37. The van der Waals surface area contributed by atoms with Crippen LogP contribution in [-0.4, -0.2) is 33.5 Å². The van der Waals surface area contributed by atoms with Gasteiger partial charge in [-0.3, -0.25) is 4.79 Å². The highest BCUT2D eigenvalue weighted by molar-refractivity contribution is 5.75. The normalized spacial score (nSPS) is 10.8. The fraction of sp³-hybridized carbons (Fsp3) is 0.727. The van der Waals surface area contributed by atoms with Crippen molar-refractivity contribution in [1.29, 1.82) is 0 Å². The van der Waals surface area contributed by atoms with Gasteiger partial charge < -0.3 is 10.6 Å². The van der Waals surface area contributed by atoms with Gasteiger partial charge in [-0.2, -0.15) is 0 Å². The summed E-state index contributed by atoms with van der Waals surface area (Å²) in [6.07, 6.45) is 2.73. The number of carbonyl (C=O) groups is 1. The van der Waals surface area contributed by atoms with Gasteiger partial charge in [-0.25, -0.2) is 4.68 Å². The van der Waals surface area contributed by atoms with Gasteiger partial charge in [0.1, 0.15) is 6.54 Å². The largest absolute Gasteiger partial charge is 0.355 e. The number of hydrogen-bond acceptors (Lipinski definition) is 4. The first-order chi connectivity index (χ1) is 8.11. The van der Waals surface area contributed by atoms with Crippen LogP contribution in [0.3, 0.4) is 0 Å². The molecule has 0 bridgehead atoms. The lowest BCUT2D eigenvalue weighted by Crippen LogP contribution is -2.28. The van der Waals surface area contributed by atoms with Crippen LogP contribution in [0.1, 0.15) is 32.9 Å². The van der Waals surface area contributed by atoms with Crippen LogP contribution in [-0.2, 0) is 17.9 Å². The maximum atomic E-state index is 11.4. The zero-order chi connectivity index (χ0) is 12.7. The molecule has 0 aliphatic heterocycles. The molecule has 0 fully saturated rings. The molecule has 0 unspecified atom stereocenters. The third-order valence-corrected chi connectivity index (χ3v) is 2.16. The molecule has 0 aliphatic carbocycles. The van der Waals surface area contributed by atoms with Gasteiger partial charge in [0.05, 0.1) is 11.9 Å². The number of nitrogens with one attached hydrogen (secondary N) is 2. The number of rotatable bonds is 7. The molecule has 0 radical (unpaired) electrons. The predicted octanol–water partition coefficient (Wildman–Crippen LogP) is 0.302. The zero-order valence-electron chi connectivity index (χ0n) is 10.7. The molecular formula is C11H21N5O. The first kappa shape index (κ1) is 13.6. The Morgan fingerprint density at radius 3 is 2.94 bits per heavy atom. The second-order valence-corrected chi connectivity index (χ2v) is 4.29. The van der Waals surface area contributed by atoms with E-state index in [0.717, 1.165) is 12.1 Å². The first-order valence-corrected chi connectivity index (χ1v) is 6.01. The van der Waals surface area contributed by atoms with Crippen LogP contribution >= 0.6 is 0 Å². The average Bonchev–Trinajstić information content (AvgIpc) is 2.71. The molecule has 6 nitrogen and oxygen atoms in total. The van der Waals surface area contributed by atoms with Crippen molar-refractivity contribution in [3.63, 3.8) is 0 Å². The van der Waals surface area contributed by atoms with Gasteiger partial charge in [0, 0.05) is 19.1 Å². The lowest BCUT2D eigenvalue weighted by molar-refractivity contribution is -0.121.